The van der Waals surface area contributed by atoms with Gasteiger partial charge in [-0.25, -0.2) is 9.37 Å². The number of imidazole rings is 2. The summed E-state index contributed by atoms with van der Waals surface area (Å²) in [5, 5.41) is 1.74. The van der Waals surface area contributed by atoms with Gasteiger partial charge in [0, 0.05) is 6.20 Å². The number of benzene rings is 2. The van der Waals surface area contributed by atoms with Crippen LogP contribution in [0.1, 0.15) is 43.1 Å². The summed E-state index contributed by atoms with van der Waals surface area (Å²) in [6.45, 7) is 6.09. The van der Waals surface area contributed by atoms with E-state index in [0.717, 1.165) is 45.4 Å². The van der Waals surface area contributed by atoms with E-state index in [4.69, 9.17) is 14.5 Å². The molecule has 4 rings (SSSR count). The molecule has 0 bridgehead atoms. The first-order chi connectivity index (χ1) is 16.4. The number of aryl methyl sites for hydroxylation is 1. The largest absolute Gasteiger partial charge is 0.495 e. The predicted octanol–water partition coefficient (Wildman–Crippen LogP) is 4.16. The SMILES string of the molecule is CC/C=c1\c(=C\c2ccc(-n3cnc(C)c3)c(OC)c2)nc(OC)n1C(C)c1ccc(F)cc1. The van der Waals surface area contributed by atoms with Gasteiger partial charge in [0.2, 0.25) is 0 Å². The van der Waals surface area contributed by atoms with Gasteiger partial charge in [-0.2, -0.15) is 4.98 Å². The molecule has 2 aromatic carbocycles. The molecule has 34 heavy (non-hydrogen) atoms. The van der Waals surface area contributed by atoms with Crippen molar-refractivity contribution in [3.8, 4) is 17.4 Å². The normalized spacial score (nSPS) is 13.4. The highest BCUT2D eigenvalue weighted by atomic mass is 19.1. The molecule has 4 aromatic rings. The van der Waals surface area contributed by atoms with Gasteiger partial charge >= 0.3 is 0 Å². The average molecular weight is 461 g/mol. The van der Waals surface area contributed by atoms with Gasteiger partial charge in [-0.05, 0) is 61.7 Å². The smallest absolute Gasteiger partial charge is 0.297 e. The first kappa shape index (κ1) is 23.3. The zero-order chi connectivity index (χ0) is 24.2. The van der Waals surface area contributed by atoms with Crippen molar-refractivity contribution in [2.45, 2.75) is 33.2 Å². The second-order valence-corrected chi connectivity index (χ2v) is 8.08. The predicted molar refractivity (Wildman–Crippen MR) is 131 cm³/mol. The molecule has 2 aromatic heterocycles. The summed E-state index contributed by atoms with van der Waals surface area (Å²) < 4.78 is 28.8. The van der Waals surface area contributed by atoms with Crippen LogP contribution in [0.2, 0.25) is 0 Å². The first-order valence-electron chi connectivity index (χ1n) is 11.2. The van der Waals surface area contributed by atoms with E-state index in [1.807, 2.05) is 46.5 Å². The molecule has 0 saturated heterocycles. The number of hydrogen-bond donors (Lipinski definition) is 0. The molecule has 2 heterocycles. The van der Waals surface area contributed by atoms with Crippen LogP contribution in [0, 0.1) is 12.7 Å². The van der Waals surface area contributed by atoms with Gasteiger partial charge in [0.1, 0.15) is 11.6 Å². The third-order valence-electron chi connectivity index (χ3n) is 5.76. The quantitative estimate of drug-likeness (QED) is 0.416. The lowest BCUT2D eigenvalue weighted by Gasteiger charge is -2.16. The van der Waals surface area contributed by atoms with Crippen LogP contribution in [-0.2, 0) is 0 Å². The summed E-state index contributed by atoms with van der Waals surface area (Å²) in [4.78, 5) is 9.08. The minimum atomic E-state index is -0.258. The van der Waals surface area contributed by atoms with Crippen LogP contribution in [0.4, 0.5) is 4.39 Å². The van der Waals surface area contributed by atoms with Gasteiger partial charge in [0.05, 0.1) is 48.7 Å². The molecule has 6 nitrogen and oxygen atoms in total. The molecule has 0 aliphatic rings. The number of halogens is 1. The molecule has 0 radical (unpaired) electrons. The molecule has 0 aliphatic carbocycles. The molecule has 176 valence electrons. The second-order valence-electron chi connectivity index (χ2n) is 8.08. The third-order valence-corrected chi connectivity index (χ3v) is 5.76. The minimum Gasteiger partial charge on any atom is -0.495 e. The van der Waals surface area contributed by atoms with Crippen LogP contribution in [0.3, 0.4) is 0 Å². The lowest BCUT2D eigenvalue weighted by Crippen LogP contribution is -2.32. The third kappa shape index (κ3) is 4.59. The minimum absolute atomic E-state index is 0.0932. The van der Waals surface area contributed by atoms with Crippen molar-refractivity contribution in [1.29, 1.82) is 0 Å². The molecule has 7 heteroatoms. The van der Waals surface area contributed by atoms with Crippen LogP contribution in [0.15, 0.2) is 55.0 Å². The van der Waals surface area contributed by atoms with E-state index in [9.17, 15) is 4.39 Å². The Morgan fingerprint density at radius 3 is 2.47 bits per heavy atom. The van der Waals surface area contributed by atoms with Crippen LogP contribution in [0.25, 0.3) is 17.8 Å². The Hall–Kier alpha value is -3.87. The molecular formula is C27H29FN4O2. The van der Waals surface area contributed by atoms with E-state index in [2.05, 4.69) is 24.9 Å². The van der Waals surface area contributed by atoms with Crippen LogP contribution >= 0.6 is 0 Å². The Morgan fingerprint density at radius 2 is 1.85 bits per heavy atom. The van der Waals surface area contributed by atoms with E-state index in [1.54, 1.807) is 32.7 Å². The highest BCUT2D eigenvalue weighted by Crippen LogP contribution is 2.25. The Kier molecular flexibility index (Phi) is 6.82. The average Bonchev–Trinajstić information content (AvgIpc) is 3.42. The Morgan fingerprint density at radius 1 is 1.09 bits per heavy atom. The van der Waals surface area contributed by atoms with Gasteiger partial charge in [0.15, 0.2) is 0 Å². The Bertz CT molecular complexity index is 1400. The maximum absolute atomic E-state index is 13.5. The second kappa shape index (κ2) is 9.95. The molecule has 1 atom stereocenters. The maximum atomic E-state index is 13.5. The molecule has 0 amide bonds. The summed E-state index contributed by atoms with van der Waals surface area (Å²) in [5.74, 6) is 0.476. The van der Waals surface area contributed by atoms with Gasteiger partial charge in [-0.3, -0.25) is 4.57 Å². The molecule has 0 aliphatic heterocycles. The van der Waals surface area contributed by atoms with E-state index >= 15 is 0 Å². The van der Waals surface area contributed by atoms with Crippen LogP contribution in [0.5, 0.6) is 11.8 Å². The van der Waals surface area contributed by atoms with Crippen molar-refractivity contribution in [2.75, 3.05) is 14.2 Å². The fourth-order valence-corrected chi connectivity index (χ4v) is 4.06. The molecular weight excluding hydrogens is 431 g/mol. The van der Waals surface area contributed by atoms with Crippen LogP contribution < -0.4 is 20.2 Å². The summed E-state index contributed by atoms with van der Waals surface area (Å²) in [6, 6.07) is 12.9. The topological polar surface area (TPSA) is 54.1 Å². The van der Waals surface area contributed by atoms with Crippen molar-refractivity contribution >= 4 is 12.2 Å². The zero-order valence-corrected chi connectivity index (χ0v) is 20.1. The summed E-state index contributed by atoms with van der Waals surface area (Å²) in [7, 11) is 3.27. The van der Waals surface area contributed by atoms with Crippen molar-refractivity contribution in [3.63, 3.8) is 0 Å². The van der Waals surface area contributed by atoms with Crippen LogP contribution in [-0.4, -0.2) is 33.3 Å². The Labute approximate surface area is 198 Å². The molecule has 1 unspecified atom stereocenters. The zero-order valence-electron chi connectivity index (χ0n) is 20.1. The lowest BCUT2D eigenvalue weighted by atomic mass is 10.1. The maximum Gasteiger partial charge on any atom is 0.297 e. The molecule has 0 saturated carbocycles. The number of hydrogen-bond acceptors (Lipinski definition) is 4. The molecule has 0 fully saturated rings. The summed E-state index contributed by atoms with van der Waals surface area (Å²) in [6.07, 6.45) is 8.70. The Balaban J connectivity index is 1.84. The standard InChI is InChI=1S/C27H29FN4O2/c1-6-7-24-23(30-27(34-5)32(24)19(3)21-9-11-22(28)12-10-21)14-20-8-13-25(26(15-20)33-4)31-16-18(2)29-17-31/h7-17,19H,6H2,1-5H3/b23-14-,24-7+. The fraction of sp³-hybridized carbons (Fsp3) is 0.259. The monoisotopic (exact) mass is 460 g/mol. The number of rotatable bonds is 7. The van der Waals surface area contributed by atoms with Gasteiger partial charge in [0.25, 0.3) is 6.01 Å². The van der Waals surface area contributed by atoms with Crippen molar-refractivity contribution < 1.29 is 13.9 Å². The van der Waals surface area contributed by atoms with Crippen molar-refractivity contribution in [3.05, 3.63) is 88.3 Å². The first-order valence-corrected chi connectivity index (χ1v) is 11.2. The summed E-state index contributed by atoms with van der Waals surface area (Å²) in [5.41, 5.74) is 3.76. The van der Waals surface area contributed by atoms with Crippen molar-refractivity contribution in [2.24, 2.45) is 0 Å². The van der Waals surface area contributed by atoms with E-state index in [0.29, 0.717) is 6.01 Å². The molecule has 0 spiro atoms. The van der Waals surface area contributed by atoms with E-state index in [1.165, 1.54) is 12.1 Å². The highest BCUT2D eigenvalue weighted by molar-refractivity contribution is 5.58. The van der Waals surface area contributed by atoms with Gasteiger partial charge in [-0.1, -0.05) is 31.2 Å². The van der Waals surface area contributed by atoms with Crippen molar-refractivity contribution in [1.82, 2.24) is 19.1 Å². The van der Waals surface area contributed by atoms with Gasteiger partial charge < -0.3 is 14.0 Å². The lowest BCUT2D eigenvalue weighted by molar-refractivity contribution is 0.348. The fourth-order valence-electron chi connectivity index (χ4n) is 4.06. The number of aromatic nitrogens is 4. The molecule has 0 N–H and O–H groups in total. The van der Waals surface area contributed by atoms with Gasteiger partial charge in [-0.15, -0.1) is 0 Å². The summed E-state index contributed by atoms with van der Waals surface area (Å²) >= 11 is 0. The number of ether oxygens (including phenoxy) is 2. The van der Waals surface area contributed by atoms with E-state index in [-0.39, 0.29) is 11.9 Å². The number of methoxy groups -OCH3 is 2. The number of nitrogens with zero attached hydrogens (tertiary/aromatic N) is 4. The highest BCUT2D eigenvalue weighted by Gasteiger charge is 2.17. The van der Waals surface area contributed by atoms with E-state index < -0.39 is 0 Å².